The maximum atomic E-state index is 5.55. The van der Waals surface area contributed by atoms with Gasteiger partial charge < -0.3 is 5.73 Å². The number of aromatic nitrogens is 4. The fraction of sp³-hybridized carbons (Fsp3) is 0.889. The number of hydrogen-bond donors (Lipinski definition) is 1. The Balaban J connectivity index is 2.09. The van der Waals surface area contributed by atoms with Gasteiger partial charge in [-0.15, -0.1) is 5.10 Å². The van der Waals surface area contributed by atoms with Gasteiger partial charge in [0.05, 0.1) is 13.1 Å². The molecule has 0 radical (unpaired) electrons. The van der Waals surface area contributed by atoms with Crippen molar-refractivity contribution in [3.8, 4) is 0 Å². The van der Waals surface area contributed by atoms with Crippen LogP contribution < -0.4 is 5.73 Å². The molecule has 2 rings (SSSR count). The SMILES string of the molecule is CC1(Cn2nnnc2CN)CCCC1. The maximum absolute atomic E-state index is 5.55. The van der Waals surface area contributed by atoms with E-state index in [2.05, 4.69) is 22.4 Å². The Labute approximate surface area is 83.7 Å². The summed E-state index contributed by atoms with van der Waals surface area (Å²) in [5.41, 5.74) is 5.92. The Kier molecular flexibility index (Phi) is 2.50. The molecule has 0 saturated heterocycles. The summed E-state index contributed by atoms with van der Waals surface area (Å²) in [6, 6.07) is 0. The molecule has 14 heavy (non-hydrogen) atoms. The van der Waals surface area contributed by atoms with Crippen LogP contribution in [0.15, 0.2) is 0 Å². The fourth-order valence-corrected chi connectivity index (χ4v) is 2.24. The van der Waals surface area contributed by atoms with Crippen molar-refractivity contribution >= 4 is 0 Å². The van der Waals surface area contributed by atoms with Crippen molar-refractivity contribution in [1.82, 2.24) is 20.2 Å². The van der Waals surface area contributed by atoms with Gasteiger partial charge in [0.1, 0.15) is 0 Å². The van der Waals surface area contributed by atoms with Crippen molar-refractivity contribution < 1.29 is 0 Å². The van der Waals surface area contributed by atoms with Gasteiger partial charge in [0, 0.05) is 0 Å². The lowest BCUT2D eigenvalue weighted by Crippen LogP contribution is -2.23. The van der Waals surface area contributed by atoms with Crippen LogP contribution in [0.2, 0.25) is 0 Å². The maximum Gasteiger partial charge on any atom is 0.164 e. The van der Waals surface area contributed by atoms with Gasteiger partial charge in [-0.05, 0) is 28.7 Å². The number of tetrazole rings is 1. The zero-order valence-electron chi connectivity index (χ0n) is 8.61. The third-order valence-corrected chi connectivity index (χ3v) is 3.13. The van der Waals surface area contributed by atoms with Crippen LogP contribution in [-0.4, -0.2) is 20.2 Å². The zero-order valence-corrected chi connectivity index (χ0v) is 8.61. The van der Waals surface area contributed by atoms with Gasteiger partial charge in [0.15, 0.2) is 5.82 Å². The van der Waals surface area contributed by atoms with Crippen molar-refractivity contribution in [3.63, 3.8) is 0 Å². The highest BCUT2D eigenvalue weighted by Crippen LogP contribution is 2.38. The lowest BCUT2D eigenvalue weighted by Gasteiger charge is -2.23. The Morgan fingerprint density at radius 2 is 2.14 bits per heavy atom. The average molecular weight is 195 g/mol. The third-order valence-electron chi connectivity index (χ3n) is 3.13. The minimum atomic E-state index is 0.374. The number of nitrogens with two attached hydrogens (primary N) is 1. The Morgan fingerprint density at radius 1 is 1.43 bits per heavy atom. The van der Waals surface area contributed by atoms with Gasteiger partial charge in [-0.2, -0.15) is 0 Å². The minimum Gasteiger partial charge on any atom is -0.324 e. The molecule has 0 aliphatic heterocycles. The number of nitrogens with zero attached hydrogens (tertiary/aromatic N) is 4. The molecule has 0 atom stereocenters. The molecule has 1 heterocycles. The highest BCUT2D eigenvalue weighted by Gasteiger charge is 2.30. The molecule has 1 fully saturated rings. The monoisotopic (exact) mass is 195 g/mol. The fourth-order valence-electron chi connectivity index (χ4n) is 2.24. The summed E-state index contributed by atoms with van der Waals surface area (Å²) >= 11 is 0. The molecule has 0 bridgehead atoms. The van der Waals surface area contributed by atoms with E-state index in [0.29, 0.717) is 12.0 Å². The van der Waals surface area contributed by atoms with E-state index < -0.39 is 0 Å². The van der Waals surface area contributed by atoms with Gasteiger partial charge in [-0.3, -0.25) is 0 Å². The summed E-state index contributed by atoms with van der Waals surface area (Å²) in [6.45, 7) is 3.64. The summed E-state index contributed by atoms with van der Waals surface area (Å²) in [4.78, 5) is 0. The van der Waals surface area contributed by atoms with Crippen molar-refractivity contribution in [2.45, 2.75) is 45.7 Å². The molecule has 5 heteroatoms. The molecular weight excluding hydrogens is 178 g/mol. The van der Waals surface area contributed by atoms with Gasteiger partial charge in [0.25, 0.3) is 0 Å². The highest BCUT2D eigenvalue weighted by atomic mass is 15.5. The van der Waals surface area contributed by atoms with E-state index in [1.165, 1.54) is 25.7 Å². The first-order chi connectivity index (χ1) is 6.73. The molecule has 1 aromatic heterocycles. The summed E-state index contributed by atoms with van der Waals surface area (Å²) in [7, 11) is 0. The van der Waals surface area contributed by atoms with E-state index in [-0.39, 0.29) is 0 Å². The van der Waals surface area contributed by atoms with Crippen molar-refractivity contribution in [2.24, 2.45) is 11.1 Å². The second-order valence-corrected chi connectivity index (χ2v) is 4.47. The Morgan fingerprint density at radius 3 is 2.79 bits per heavy atom. The van der Waals surface area contributed by atoms with Gasteiger partial charge in [0.2, 0.25) is 0 Å². The van der Waals surface area contributed by atoms with Crippen LogP contribution in [0.25, 0.3) is 0 Å². The topological polar surface area (TPSA) is 69.6 Å². The number of hydrogen-bond acceptors (Lipinski definition) is 4. The molecule has 2 N–H and O–H groups in total. The molecule has 1 aliphatic carbocycles. The Hall–Kier alpha value is -0.970. The minimum absolute atomic E-state index is 0.374. The van der Waals surface area contributed by atoms with Crippen LogP contribution in [0.5, 0.6) is 0 Å². The smallest absolute Gasteiger partial charge is 0.164 e. The van der Waals surface area contributed by atoms with Gasteiger partial charge >= 0.3 is 0 Å². The largest absolute Gasteiger partial charge is 0.324 e. The lowest BCUT2D eigenvalue weighted by molar-refractivity contribution is 0.261. The average Bonchev–Trinajstić information content (AvgIpc) is 2.75. The molecule has 1 aromatic rings. The standard InChI is InChI=1S/C9H17N5/c1-9(4-2-3-5-9)7-14-8(6-10)11-12-13-14/h2-7,10H2,1H3. The number of rotatable bonds is 3. The predicted molar refractivity (Wildman–Crippen MR) is 52.3 cm³/mol. The lowest BCUT2D eigenvalue weighted by atomic mass is 9.89. The van der Waals surface area contributed by atoms with Crippen LogP contribution in [0.1, 0.15) is 38.4 Å². The first-order valence-electron chi connectivity index (χ1n) is 5.19. The van der Waals surface area contributed by atoms with Crippen molar-refractivity contribution in [1.29, 1.82) is 0 Å². The van der Waals surface area contributed by atoms with E-state index in [9.17, 15) is 0 Å². The molecule has 0 unspecified atom stereocenters. The molecule has 78 valence electrons. The van der Waals surface area contributed by atoms with E-state index >= 15 is 0 Å². The summed E-state index contributed by atoms with van der Waals surface area (Å²) < 4.78 is 1.85. The van der Waals surface area contributed by atoms with Gasteiger partial charge in [-0.25, -0.2) is 4.68 Å². The van der Waals surface area contributed by atoms with Crippen LogP contribution in [-0.2, 0) is 13.1 Å². The van der Waals surface area contributed by atoms with E-state index in [1.807, 2.05) is 4.68 Å². The van der Waals surface area contributed by atoms with Crippen LogP contribution in [0.4, 0.5) is 0 Å². The molecule has 5 nitrogen and oxygen atoms in total. The van der Waals surface area contributed by atoms with E-state index in [1.54, 1.807) is 0 Å². The molecule has 1 aliphatic rings. The molecule has 0 spiro atoms. The third kappa shape index (κ3) is 1.77. The van der Waals surface area contributed by atoms with E-state index in [0.717, 1.165) is 12.4 Å². The Bertz CT molecular complexity index is 300. The molecular formula is C9H17N5. The second kappa shape index (κ2) is 3.65. The molecule has 0 amide bonds. The highest BCUT2D eigenvalue weighted by molar-refractivity contribution is 4.85. The molecule has 1 saturated carbocycles. The van der Waals surface area contributed by atoms with Crippen LogP contribution in [0, 0.1) is 5.41 Å². The summed E-state index contributed by atoms with van der Waals surface area (Å²) in [6.07, 6.45) is 5.21. The zero-order chi connectivity index (χ0) is 10.0. The summed E-state index contributed by atoms with van der Waals surface area (Å²) in [5, 5.41) is 11.5. The normalized spacial score (nSPS) is 20.1. The van der Waals surface area contributed by atoms with E-state index in [4.69, 9.17) is 5.73 Å². The summed E-state index contributed by atoms with van der Waals surface area (Å²) in [5.74, 6) is 0.790. The second-order valence-electron chi connectivity index (χ2n) is 4.47. The van der Waals surface area contributed by atoms with Crippen LogP contribution in [0.3, 0.4) is 0 Å². The predicted octanol–water partition coefficient (Wildman–Crippen LogP) is 0.712. The van der Waals surface area contributed by atoms with Gasteiger partial charge in [-0.1, -0.05) is 19.8 Å². The van der Waals surface area contributed by atoms with Crippen molar-refractivity contribution in [2.75, 3.05) is 0 Å². The first-order valence-corrected chi connectivity index (χ1v) is 5.19. The van der Waals surface area contributed by atoms with Crippen LogP contribution >= 0.6 is 0 Å². The quantitative estimate of drug-likeness (QED) is 0.771. The molecule has 0 aromatic carbocycles. The van der Waals surface area contributed by atoms with Crippen molar-refractivity contribution in [3.05, 3.63) is 5.82 Å². The first kappa shape index (κ1) is 9.58.